The van der Waals surface area contributed by atoms with Crippen molar-refractivity contribution in [2.24, 2.45) is 4.99 Å². The van der Waals surface area contributed by atoms with Gasteiger partial charge in [0.15, 0.2) is 12.0 Å². The quantitative estimate of drug-likeness (QED) is 0.688. The van der Waals surface area contributed by atoms with E-state index in [2.05, 4.69) is 20.1 Å². The van der Waals surface area contributed by atoms with Crippen LogP contribution in [0.25, 0.3) is 5.69 Å². The lowest BCUT2D eigenvalue weighted by atomic mass is 10.1. The number of fused-ring (bicyclic) bond motifs is 6. The number of hydrogen-bond acceptors (Lipinski definition) is 8. The average Bonchev–Trinajstić information content (AvgIpc) is 3.46. The summed E-state index contributed by atoms with van der Waals surface area (Å²) in [7, 11) is 0. The molecule has 1 aromatic carbocycles. The van der Waals surface area contributed by atoms with Gasteiger partial charge in [-0.2, -0.15) is 9.37 Å². The molecule has 0 bridgehead atoms. The molecule has 0 N–H and O–H groups in total. The Bertz CT molecular complexity index is 1060. The fourth-order valence-electron chi connectivity index (χ4n) is 3.80. The molecule has 0 saturated carbocycles. The number of aliphatic imine (C=N–C) groups is 1. The average molecular weight is 367 g/mol. The minimum atomic E-state index is -0.587. The fourth-order valence-corrected chi connectivity index (χ4v) is 3.80. The molecular weight excluding hydrogens is 353 g/mol. The fraction of sp³-hybridized carbons (Fsp3) is 0.294. The second-order valence-corrected chi connectivity index (χ2v) is 6.54. The lowest BCUT2D eigenvalue weighted by Crippen LogP contribution is -2.43. The van der Waals surface area contributed by atoms with E-state index in [1.54, 1.807) is 16.4 Å². The number of rotatable bonds is 2. The largest absolute Gasteiger partial charge is 0.368 e. The van der Waals surface area contributed by atoms with Gasteiger partial charge in [-0.05, 0) is 24.1 Å². The molecule has 0 spiro atoms. The van der Waals surface area contributed by atoms with Crippen LogP contribution >= 0.6 is 0 Å². The summed E-state index contributed by atoms with van der Waals surface area (Å²) in [6, 6.07) is 7.54. The van der Waals surface area contributed by atoms with Crippen LogP contribution in [-0.4, -0.2) is 32.6 Å². The first kappa shape index (κ1) is 14.9. The third-order valence-electron chi connectivity index (χ3n) is 5.01. The summed E-state index contributed by atoms with van der Waals surface area (Å²) in [5.41, 5.74) is 1.58. The first-order valence-electron chi connectivity index (χ1n) is 8.71. The van der Waals surface area contributed by atoms with Crippen molar-refractivity contribution in [1.29, 1.82) is 0 Å². The molecule has 3 aromatic rings. The molecule has 3 aliphatic heterocycles. The molecule has 136 valence electrons. The van der Waals surface area contributed by atoms with Gasteiger partial charge in [0.2, 0.25) is 0 Å². The zero-order chi connectivity index (χ0) is 18.0. The van der Waals surface area contributed by atoms with Crippen LogP contribution in [0.15, 0.2) is 40.0 Å². The van der Waals surface area contributed by atoms with Gasteiger partial charge >= 0.3 is 0 Å². The maximum atomic E-state index is 14.4. The van der Waals surface area contributed by atoms with Crippen LogP contribution in [0, 0.1) is 6.08 Å². The van der Waals surface area contributed by atoms with Gasteiger partial charge in [0.05, 0.1) is 11.9 Å². The molecular formula is C17H14FN7O2. The molecule has 27 heavy (non-hydrogen) atoms. The van der Waals surface area contributed by atoms with Crippen molar-refractivity contribution < 1.29 is 13.7 Å². The van der Waals surface area contributed by atoms with E-state index in [-0.39, 0.29) is 12.3 Å². The van der Waals surface area contributed by atoms with Crippen LogP contribution in [-0.2, 0) is 4.74 Å². The lowest BCUT2D eigenvalue weighted by molar-refractivity contribution is 0.0835. The number of imidazole rings is 1. The Morgan fingerprint density at radius 3 is 3.04 bits per heavy atom. The van der Waals surface area contributed by atoms with E-state index >= 15 is 0 Å². The Morgan fingerprint density at radius 1 is 1.22 bits per heavy atom. The van der Waals surface area contributed by atoms with Gasteiger partial charge in [-0.3, -0.25) is 4.57 Å². The zero-order valence-electron chi connectivity index (χ0n) is 14.1. The normalized spacial score (nSPS) is 22.9. The van der Waals surface area contributed by atoms with E-state index in [0.717, 1.165) is 24.1 Å². The van der Waals surface area contributed by atoms with Gasteiger partial charge in [0, 0.05) is 12.2 Å². The van der Waals surface area contributed by atoms with Gasteiger partial charge < -0.3 is 9.26 Å². The molecule has 0 amide bonds. The molecule has 2 unspecified atom stereocenters. The molecule has 2 aromatic heterocycles. The van der Waals surface area contributed by atoms with Crippen molar-refractivity contribution in [3.05, 3.63) is 48.0 Å². The minimum absolute atomic E-state index is 0.174. The Morgan fingerprint density at radius 2 is 2.15 bits per heavy atom. The molecule has 0 aliphatic carbocycles. The van der Waals surface area contributed by atoms with Gasteiger partial charge in [-0.25, -0.2) is 20.0 Å². The zero-order valence-corrected chi connectivity index (χ0v) is 14.1. The molecule has 1 fully saturated rings. The van der Waals surface area contributed by atoms with E-state index in [0.29, 0.717) is 24.3 Å². The van der Waals surface area contributed by atoms with E-state index in [1.807, 2.05) is 24.3 Å². The monoisotopic (exact) mass is 367 g/mol. The van der Waals surface area contributed by atoms with Crippen LogP contribution in [0.2, 0.25) is 0 Å². The number of halogens is 1. The Kier molecular flexibility index (Phi) is 2.95. The predicted octanol–water partition coefficient (Wildman–Crippen LogP) is 2.53. The van der Waals surface area contributed by atoms with Gasteiger partial charge in [-0.1, -0.05) is 18.2 Å². The lowest BCUT2D eigenvalue weighted by Gasteiger charge is -2.35. The first-order chi connectivity index (χ1) is 13.3. The molecule has 1 saturated heterocycles. The van der Waals surface area contributed by atoms with Crippen LogP contribution in [0.5, 0.6) is 0 Å². The van der Waals surface area contributed by atoms with Gasteiger partial charge in [-0.15, -0.1) is 0 Å². The molecule has 0 radical (unpaired) electrons. The van der Waals surface area contributed by atoms with Gasteiger partial charge in [0.1, 0.15) is 12.4 Å². The highest BCUT2D eigenvalue weighted by Crippen LogP contribution is 2.43. The van der Waals surface area contributed by atoms with Crippen LogP contribution in [0.4, 0.5) is 16.2 Å². The highest BCUT2D eigenvalue weighted by atomic mass is 19.1. The third kappa shape index (κ3) is 2.01. The summed E-state index contributed by atoms with van der Waals surface area (Å²) < 4.78 is 26.9. The molecule has 9 nitrogen and oxygen atoms in total. The Hall–Kier alpha value is -3.27. The van der Waals surface area contributed by atoms with Crippen LogP contribution in [0.1, 0.15) is 36.6 Å². The number of hydrazine groups is 1. The number of hydrogen-bond donors (Lipinski definition) is 0. The first-order valence-corrected chi connectivity index (χ1v) is 8.71. The molecule has 10 heteroatoms. The Labute approximate surface area is 152 Å². The molecule has 6 rings (SSSR count). The second-order valence-electron chi connectivity index (χ2n) is 6.54. The highest BCUT2D eigenvalue weighted by molar-refractivity contribution is 5.85. The number of anilines is 2. The number of para-hydroxylation sites is 1. The maximum absolute atomic E-state index is 14.4. The summed E-state index contributed by atoms with van der Waals surface area (Å²) >= 11 is 0. The summed E-state index contributed by atoms with van der Waals surface area (Å²) in [6.45, 7) is 0.691. The highest BCUT2D eigenvalue weighted by Gasteiger charge is 2.41. The number of benzene rings is 1. The molecule has 3 aliphatic rings. The van der Waals surface area contributed by atoms with Crippen molar-refractivity contribution in [2.75, 3.05) is 16.6 Å². The summed E-state index contributed by atoms with van der Waals surface area (Å²) in [5.74, 6) is 1.30. The van der Waals surface area contributed by atoms with Crippen LogP contribution in [0.3, 0.4) is 0 Å². The standard InChI is InChI=1S/C17H14FN7O2/c18-16-19-8-13-24(16)11-5-2-1-4-10(11)14-20-9-23(25(13)14)17-21-15(27-22-17)12-6-3-7-26-12/h1-2,4-5,8-9,12,14H,3,6-7H2. The SMILES string of the molecule is Fc1ncc2n1-c1ccccc1C1N=CN(c3noc(C4CCCO4)n3)N21. The summed E-state index contributed by atoms with van der Waals surface area (Å²) in [5, 5.41) is 7.52. The van der Waals surface area contributed by atoms with Crippen molar-refractivity contribution in [3.8, 4) is 5.69 Å². The number of aromatic nitrogens is 4. The minimum Gasteiger partial charge on any atom is -0.368 e. The predicted molar refractivity (Wildman–Crippen MR) is 91.9 cm³/mol. The maximum Gasteiger partial charge on any atom is 0.295 e. The second kappa shape index (κ2) is 5.36. The van der Waals surface area contributed by atoms with E-state index in [4.69, 9.17) is 9.26 Å². The van der Waals surface area contributed by atoms with Gasteiger partial charge in [0.25, 0.3) is 17.9 Å². The van der Waals surface area contributed by atoms with E-state index < -0.39 is 6.08 Å². The van der Waals surface area contributed by atoms with Crippen molar-refractivity contribution in [2.45, 2.75) is 25.1 Å². The number of nitrogens with zero attached hydrogens (tertiary/aromatic N) is 7. The molecule has 2 atom stereocenters. The summed E-state index contributed by atoms with van der Waals surface area (Å²) in [6.07, 6.45) is 3.80. The van der Waals surface area contributed by atoms with Crippen LogP contribution < -0.4 is 10.0 Å². The van der Waals surface area contributed by atoms with E-state index in [9.17, 15) is 4.39 Å². The van der Waals surface area contributed by atoms with E-state index in [1.165, 1.54) is 10.8 Å². The topological polar surface area (TPSA) is 84.8 Å². The van der Waals surface area contributed by atoms with Crippen molar-refractivity contribution >= 4 is 18.1 Å². The third-order valence-corrected chi connectivity index (χ3v) is 5.01. The number of ether oxygens (including phenoxy) is 1. The summed E-state index contributed by atoms with van der Waals surface area (Å²) in [4.78, 5) is 12.9. The molecule has 5 heterocycles. The smallest absolute Gasteiger partial charge is 0.295 e. The van der Waals surface area contributed by atoms with Crippen molar-refractivity contribution in [1.82, 2.24) is 19.7 Å². The Balaban J connectivity index is 1.44. The van der Waals surface area contributed by atoms with Crippen molar-refractivity contribution in [3.63, 3.8) is 0 Å².